The lowest BCUT2D eigenvalue weighted by Gasteiger charge is -2.32. The molecule has 126 valence electrons. The standard InChI is InChI=1S/C11H16N5O6P/c1-11(2-21-23(19)20)7(18)6(17)10(22-11)16-4-15-5-8(12)13-3-14-9(5)16/h3-7,9-10,17-18H,2H2,1H3,(H2-,12,13,14,19,20)/p+1/t5?,6?,7?,9?,10-,11-/m1/s1. The molecule has 0 spiro atoms. The van der Waals surface area contributed by atoms with Gasteiger partial charge >= 0.3 is 8.25 Å². The molecule has 0 aromatic heterocycles. The molecule has 5 N–H and O–H groups in total. The van der Waals surface area contributed by atoms with Crippen molar-refractivity contribution in [2.24, 2.45) is 20.7 Å². The largest absolute Gasteiger partial charge is 0.694 e. The Balaban J connectivity index is 1.77. The Hall–Kier alpha value is -1.49. The van der Waals surface area contributed by atoms with Crippen molar-refractivity contribution < 1.29 is 28.9 Å². The number of hydrogen-bond donors (Lipinski definition) is 4. The highest BCUT2D eigenvalue weighted by atomic mass is 31.1. The van der Waals surface area contributed by atoms with Crippen LogP contribution in [0.1, 0.15) is 6.92 Å². The number of fused-ring (bicyclic) bond motifs is 1. The normalized spacial score (nSPS) is 42.8. The third-order valence-corrected chi connectivity index (χ3v) is 4.41. The first-order valence-corrected chi connectivity index (χ1v) is 7.95. The molecule has 0 radical (unpaired) electrons. The second-order valence-corrected chi connectivity index (χ2v) is 6.39. The van der Waals surface area contributed by atoms with Crippen molar-refractivity contribution >= 4 is 26.8 Å². The summed E-state index contributed by atoms with van der Waals surface area (Å²) in [6, 6.07) is -0.483. The number of nitrogens with zero attached hydrogens (tertiary/aromatic N) is 4. The minimum atomic E-state index is -2.84. The average molecular weight is 346 g/mol. The highest BCUT2D eigenvalue weighted by Gasteiger charge is 2.56. The Morgan fingerprint density at radius 2 is 2.26 bits per heavy atom. The number of amidine groups is 1. The van der Waals surface area contributed by atoms with Crippen molar-refractivity contribution in [3.05, 3.63) is 0 Å². The van der Waals surface area contributed by atoms with E-state index in [2.05, 4.69) is 19.5 Å². The number of nitrogens with two attached hydrogens (primary N) is 1. The van der Waals surface area contributed by atoms with E-state index in [0.717, 1.165) is 0 Å². The summed E-state index contributed by atoms with van der Waals surface area (Å²) in [4.78, 5) is 22.5. The van der Waals surface area contributed by atoms with Gasteiger partial charge in [-0.3, -0.25) is 4.99 Å². The molecular weight excluding hydrogens is 329 g/mol. The summed E-state index contributed by atoms with van der Waals surface area (Å²) < 4.78 is 21.0. The highest BCUT2D eigenvalue weighted by molar-refractivity contribution is 7.32. The molecule has 3 rings (SSSR count). The minimum absolute atomic E-state index is 0.292. The van der Waals surface area contributed by atoms with Gasteiger partial charge in [0.2, 0.25) is 0 Å². The molecule has 3 heterocycles. The number of aliphatic hydroxyl groups is 2. The molecule has 0 aliphatic carbocycles. The quantitative estimate of drug-likeness (QED) is 0.422. The van der Waals surface area contributed by atoms with Gasteiger partial charge in [-0.1, -0.05) is 0 Å². The van der Waals surface area contributed by atoms with E-state index in [9.17, 15) is 14.8 Å². The van der Waals surface area contributed by atoms with Crippen LogP contribution in [-0.2, 0) is 13.8 Å². The van der Waals surface area contributed by atoms with E-state index in [1.165, 1.54) is 24.5 Å². The number of aliphatic hydroxyl groups excluding tert-OH is 2. The number of ether oxygens (including phenoxy) is 1. The van der Waals surface area contributed by atoms with Crippen LogP contribution in [0.3, 0.4) is 0 Å². The molecule has 23 heavy (non-hydrogen) atoms. The second-order valence-electron chi connectivity index (χ2n) is 5.66. The van der Waals surface area contributed by atoms with Gasteiger partial charge in [0, 0.05) is 4.57 Å². The Morgan fingerprint density at radius 3 is 2.96 bits per heavy atom. The van der Waals surface area contributed by atoms with Gasteiger partial charge in [-0.2, -0.15) is 0 Å². The van der Waals surface area contributed by atoms with E-state index in [1.54, 1.807) is 0 Å². The Morgan fingerprint density at radius 1 is 1.52 bits per heavy atom. The zero-order valence-corrected chi connectivity index (χ0v) is 13.0. The van der Waals surface area contributed by atoms with Gasteiger partial charge in [-0.25, -0.2) is 9.98 Å². The Kier molecular flexibility index (Phi) is 4.17. The van der Waals surface area contributed by atoms with Crippen molar-refractivity contribution in [3.63, 3.8) is 0 Å². The van der Waals surface area contributed by atoms with Gasteiger partial charge in [0.1, 0.15) is 42.6 Å². The summed E-state index contributed by atoms with van der Waals surface area (Å²) in [6.45, 7) is 1.11. The fourth-order valence-corrected chi connectivity index (χ4v) is 3.14. The molecule has 11 nitrogen and oxygen atoms in total. The van der Waals surface area contributed by atoms with Crippen LogP contribution in [0, 0.1) is 0 Å². The highest BCUT2D eigenvalue weighted by Crippen LogP contribution is 2.37. The van der Waals surface area contributed by atoms with Crippen molar-refractivity contribution in [1.82, 2.24) is 4.90 Å². The summed E-state index contributed by atoms with van der Waals surface area (Å²) in [5.41, 5.74) is 4.40. The van der Waals surface area contributed by atoms with Crippen molar-refractivity contribution in [3.8, 4) is 0 Å². The maximum absolute atomic E-state index is 10.7. The van der Waals surface area contributed by atoms with Gasteiger partial charge in [0.15, 0.2) is 12.4 Å². The molecule has 0 aromatic rings. The van der Waals surface area contributed by atoms with E-state index in [4.69, 9.17) is 15.4 Å². The smallest absolute Gasteiger partial charge is 0.387 e. The molecule has 7 atom stereocenters. The molecule has 12 heteroatoms. The first-order chi connectivity index (χ1) is 10.8. The van der Waals surface area contributed by atoms with Crippen LogP contribution in [-0.4, -0.2) is 81.4 Å². The molecule has 0 bridgehead atoms. The molecule has 3 aliphatic heterocycles. The molecule has 3 aliphatic rings. The lowest BCUT2D eigenvalue weighted by atomic mass is 9.98. The lowest BCUT2D eigenvalue weighted by molar-refractivity contribution is -0.125. The molecule has 0 aromatic carbocycles. The SMILES string of the molecule is C[C@]1(CO[P+](=O)O)O[C@@H](N2C=NC3C(N)=NC=NC32)C(O)C1O. The molecular formula is C11H17N5O6P+. The number of hydrogen-bond acceptors (Lipinski definition) is 10. The Bertz CT molecular complexity index is 599. The third kappa shape index (κ3) is 2.75. The summed E-state index contributed by atoms with van der Waals surface area (Å²) in [5.74, 6) is 0.292. The summed E-state index contributed by atoms with van der Waals surface area (Å²) in [6.07, 6.45) is -1.38. The molecule has 1 saturated heterocycles. The summed E-state index contributed by atoms with van der Waals surface area (Å²) in [5, 5.41) is 20.5. The monoisotopic (exact) mass is 346 g/mol. The molecule has 0 amide bonds. The maximum Gasteiger partial charge on any atom is 0.694 e. The first kappa shape index (κ1) is 16.4. The fourth-order valence-electron chi connectivity index (χ4n) is 2.78. The van der Waals surface area contributed by atoms with E-state index in [-0.39, 0.29) is 6.61 Å². The minimum Gasteiger partial charge on any atom is -0.387 e. The summed E-state index contributed by atoms with van der Waals surface area (Å²) >= 11 is 0. The van der Waals surface area contributed by atoms with Gasteiger partial charge in [0.05, 0.1) is 6.34 Å². The van der Waals surface area contributed by atoms with Crippen molar-refractivity contribution in [2.45, 2.75) is 43.2 Å². The topological polar surface area (TPSA) is 163 Å². The van der Waals surface area contributed by atoms with Gasteiger partial charge < -0.3 is 25.6 Å². The zero-order chi connectivity index (χ0) is 16.8. The lowest BCUT2D eigenvalue weighted by Crippen LogP contribution is -2.51. The van der Waals surface area contributed by atoms with Crippen molar-refractivity contribution in [1.29, 1.82) is 0 Å². The molecule has 5 unspecified atom stereocenters. The predicted molar refractivity (Wildman–Crippen MR) is 79.1 cm³/mol. The molecule has 1 fully saturated rings. The van der Waals surface area contributed by atoms with Crippen LogP contribution in [0.25, 0.3) is 0 Å². The van der Waals surface area contributed by atoms with E-state index in [0.29, 0.717) is 5.84 Å². The van der Waals surface area contributed by atoms with Crippen LogP contribution in [0.4, 0.5) is 0 Å². The van der Waals surface area contributed by atoms with Gasteiger partial charge in [-0.15, -0.1) is 9.42 Å². The molecule has 0 saturated carbocycles. The number of rotatable bonds is 4. The van der Waals surface area contributed by atoms with Crippen LogP contribution in [0.5, 0.6) is 0 Å². The zero-order valence-electron chi connectivity index (χ0n) is 12.1. The summed E-state index contributed by atoms with van der Waals surface area (Å²) in [7, 11) is -2.84. The van der Waals surface area contributed by atoms with Crippen LogP contribution in [0.2, 0.25) is 0 Å². The van der Waals surface area contributed by atoms with Crippen LogP contribution < -0.4 is 5.73 Å². The van der Waals surface area contributed by atoms with Gasteiger partial charge in [-0.05, 0) is 6.92 Å². The second kappa shape index (κ2) is 5.86. The van der Waals surface area contributed by atoms with Gasteiger partial charge in [0.25, 0.3) is 0 Å². The van der Waals surface area contributed by atoms with Crippen molar-refractivity contribution in [2.75, 3.05) is 6.61 Å². The Labute approximate surface area is 132 Å². The fraction of sp³-hybridized carbons (Fsp3) is 0.727. The average Bonchev–Trinajstić information content (AvgIpc) is 3.02. The van der Waals surface area contributed by atoms with Crippen LogP contribution >= 0.6 is 8.25 Å². The first-order valence-electron chi connectivity index (χ1n) is 6.82. The van der Waals surface area contributed by atoms with E-state index >= 15 is 0 Å². The van der Waals surface area contributed by atoms with E-state index in [1.807, 2.05) is 0 Å². The van der Waals surface area contributed by atoms with E-state index < -0.39 is 44.5 Å². The number of aliphatic imine (C=N–C) groups is 3. The van der Waals surface area contributed by atoms with Crippen LogP contribution in [0.15, 0.2) is 15.0 Å². The maximum atomic E-state index is 10.7. The third-order valence-electron chi connectivity index (χ3n) is 4.06. The predicted octanol–water partition coefficient (Wildman–Crippen LogP) is -2.07.